The minimum absolute atomic E-state index is 0.0638. The van der Waals surface area contributed by atoms with Crippen LogP contribution in [0.25, 0.3) is 11.4 Å². The van der Waals surface area contributed by atoms with Crippen molar-refractivity contribution in [3.8, 4) is 17.1 Å². The maximum absolute atomic E-state index is 12.7. The van der Waals surface area contributed by atoms with E-state index in [1.165, 1.54) is 31.0 Å². The van der Waals surface area contributed by atoms with Crippen molar-refractivity contribution < 1.29 is 9.53 Å². The number of aromatic nitrogens is 3. The van der Waals surface area contributed by atoms with Crippen molar-refractivity contribution in [3.63, 3.8) is 0 Å². The normalized spacial score (nSPS) is 14.6. The highest BCUT2D eigenvalue weighted by Crippen LogP contribution is 2.36. The average molecular weight is 442 g/mol. The van der Waals surface area contributed by atoms with Crippen LogP contribution in [-0.2, 0) is 0 Å². The van der Waals surface area contributed by atoms with E-state index in [-0.39, 0.29) is 5.78 Å². The van der Waals surface area contributed by atoms with Gasteiger partial charge in [-0.2, -0.15) is 0 Å². The number of rotatable bonds is 7. The Hall–Kier alpha value is -2.31. The summed E-state index contributed by atoms with van der Waals surface area (Å²) in [7, 11) is 1.61. The van der Waals surface area contributed by atoms with Gasteiger partial charge in [0.05, 0.1) is 12.9 Å². The topological polar surface area (TPSA) is 57.0 Å². The molecule has 0 unspecified atom stereocenters. The fourth-order valence-corrected chi connectivity index (χ4v) is 4.86. The van der Waals surface area contributed by atoms with Crippen molar-refractivity contribution in [2.24, 2.45) is 0 Å². The third-order valence-corrected chi connectivity index (χ3v) is 6.65. The van der Waals surface area contributed by atoms with E-state index in [4.69, 9.17) is 16.3 Å². The molecule has 0 radical (unpaired) electrons. The highest BCUT2D eigenvalue weighted by molar-refractivity contribution is 7.99. The van der Waals surface area contributed by atoms with Crippen LogP contribution in [0.2, 0.25) is 5.02 Å². The number of Topliss-reactive ketones (excluding diaryl/α,β-unsaturated/α-hetero) is 1. The van der Waals surface area contributed by atoms with Gasteiger partial charge in [-0.1, -0.05) is 42.6 Å². The Bertz CT molecular complexity index is 996. The van der Waals surface area contributed by atoms with Gasteiger partial charge >= 0.3 is 0 Å². The number of ketones is 1. The molecule has 0 atom stereocenters. The Kier molecular flexibility index (Phi) is 6.75. The molecule has 0 spiro atoms. The summed E-state index contributed by atoms with van der Waals surface area (Å²) in [5.41, 5.74) is 1.66. The lowest BCUT2D eigenvalue weighted by Crippen LogP contribution is -2.15. The molecule has 7 heteroatoms. The van der Waals surface area contributed by atoms with Gasteiger partial charge in [0.2, 0.25) is 0 Å². The first-order valence-corrected chi connectivity index (χ1v) is 11.5. The second-order valence-electron chi connectivity index (χ2n) is 7.42. The lowest BCUT2D eigenvalue weighted by atomic mass is 9.95. The first-order valence-electron chi connectivity index (χ1n) is 10.2. The standard InChI is InChI=1S/C23H24ClN3O2S/c1-29-20-13-9-16(10-14-20)21(28)15-30-23-26-25-22(17-7-11-18(24)12-8-17)27(23)19-5-3-2-4-6-19/h7-14,19H,2-6,15H2,1H3. The van der Waals surface area contributed by atoms with E-state index in [1.807, 2.05) is 24.3 Å². The number of halogens is 1. The molecule has 1 saturated carbocycles. The lowest BCUT2D eigenvalue weighted by molar-refractivity contribution is 0.102. The van der Waals surface area contributed by atoms with E-state index >= 15 is 0 Å². The molecule has 3 aromatic rings. The molecule has 0 aliphatic heterocycles. The first kappa shape index (κ1) is 20.9. The fourth-order valence-electron chi connectivity index (χ4n) is 3.83. The monoisotopic (exact) mass is 441 g/mol. The molecule has 0 N–H and O–H groups in total. The highest BCUT2D eigenvalue weighted by atomic mass is 35.5. The smallest absolute Gasteiger partial charge is 0.192 e. The number of benzene rings is 2. The second kappa shape index (κ2) is 9.67. The molecule has 1 heterocycles. The van der Waals surface area contributed by atoms with E-state index in [9.17, 15) is 4.79 Å². The van der Waals surface area contributed by atoms with Crippen molar-refractivity contribution in [1.82, 2.24) is 14.8 Å². The van der Waals surface area contributed by atoms with E-state index in [2.05, 4.69) is 14.8 Å². The molecule has 1 aliphatic carbocycles. The summed E-state index contributed by atoms with van der Waals surface area (Å²) in [6.07, 6.45) is 5.90. The summed E-state index contributed by atoms with van der Waals surface area (Å²) in [5.74, 6) is 1.97. The van der Waals surface area contributed by atoms with Gasteiger partial charge in [0, 0.05) is 22.2 Å². The summed E-state index contributed by atoms with van der Waals surface area (Å²) in [4.78, 5) is 12.7. The van der Waals surface area contributed by atoms with Crippen molar-refractivity contribution in [2.45, 2.75) is 43.3 Å². The van der Waals surface area contributed by atoms with Gasteiger partial charge in [0.25, 0.3) is 0 Å². The van der Waals surface area contributed by atoms with Gasteiger partial charge < -0.3 is 4.74 Å². The van der Waals surface area contributed by atoms with Gasteiger partial charge in [-0.05, 0) is 61.4 Å². The summed E-state index contributed by atoms with van der Waals surface area (Å²) >= 11 is 7.52. The van der Waals surface area contributed by atoms with Crippen LogP contribution in [0.3, 0.4) is 0 Å². The summed E-state index contributed by atoms with van der Waals surface area (Å²) in [6, 6.07) is 15.3. The molecule has 2 aromatic carbocycles. The minimum atomic E-state index is 0.0638. The Morgan fingerprint density at radius 3 is 2.43 bits per heavy atom. The molecule has 1 aromatic heterocycles. The Labute approximate surface area is 185 Å². The highest BCUT2D eigenvalue weighted by Gasteiger charge is 2.24. The van der Waals surface area contributed by atoms with Crippen LogP contribution < -0.4 is 4.74 Å². The van der Waals surface area contributed by atoms with Crippen LogP contribution in [0.1, 0.15) is 48.5 Å². The number of nitrogens with zero attached hydrogens (tertiary/aromatic N) is 3. The molecule has 0 bridgehead atoms. The average Bonchev–Trinajstić information content (AvgIpc) is 3.22. The van der Waals surface area contributed by atoms with Gasteiger partial charge in [-0.15, -0.1) is 10.2 Å². The Morgan fingerprint density at radius 2 is 1.77 bits per heavy atom. The summed E-state index contributed by atoms with van der Waals surface area (Å²) in [5, 5.41) is 10.4. The second-order valence-corrected chi connectivity index (χ2v) is 8.79. The van der Waals surface area contributed by atoms with Crippen LogP contribution in [0.15, 0.2) is 53.7 Å². The van der Waals surface area contributed by atoms with Crippen molar-refractivity contribution in [2.75, 3.05) is 12.9 Å². The molecule has 5 nitrogen and oxygen atoms in total. The minimum Gasteiger partial charge on any atom is -0.497 e. The lowest BCUT2D eigenvalue weighted by Gasteiger charge is -2.25. The van der Waals surface area contributed by atoms with E-state index < -0.39 is 0 Å². The Balaban J connectivity index is 1.57. The Morgan fingerprint density at radius 1 is 1.07 bits per heavy atom. The number of carbonyl (C=O) groups is 1. The van der Waals surface area contributed by atoms with Crippen molar-refractivity contribution >= 4 is 29.1 Å². The molecule has 30 heavy (non-hydrogen) atoms. The number of hydrogen-bond acceptors (Lipinski definition) is 5. The number of methoxy groups -OCH3 is 1. The molecule has 1 aliphatic rings. The van der Waals surface area contributed by atoms with Crippen molar-refractivity contribution in [1.29, 1.82) is 0 Å². The molecular weight excluding hydrogens is 418 g/mol. The third kappa shape index (κ3) is 4.71. The van der Waals surface area contributed by atoms with E-state index in [0.717, 1.165) is 35.1 Å². The molecule has 0 amide bonds. The quantitative estimate of drug-likeness (QED) is 0.328. The molecular formula is C23H24ClN3O2S. The van der Waals surface area contributed by atoms with Crippen molar-refractivity contribution in [3.05, 3.63) is 59.1 Å². The van der Waals surface area contributed by atoms with Crippen LogP contribution >= 0.6 is 23.4 Å². The van der Waals surface area contributed by atoms with Crippen LogP contribution in [-0.4, -0.2) is 33.4 Å². The summed E-state index contributed by atoms with van der Waals surface area (Å²) < 4.78 is 7.40. The zero-order valence-electron chi connectivity index (χ0n) is 16.9. The van der Waals surface area contributed by atoms with Gasteiger partial charge in [0.1, 0.15) is 5.75 Å². The van der Waals surface area contributed by atoms with E-state index in [0.29, 0.717) is 22.4 Å². The van der Waals surface area contributed by atoms with Crippen LogP contribution in [0.4, 0.5) is 0 Å². The molecule has 156 valence electrons. The number of hydrogen-bond donors (Lipinski definition) is 0. The maximum atomic E-state index is 12.7. The molecule has 1 fully saturated rings. The third-order valence-electron chi connectivity index (χ3n) is 5.45. The largest absolute Gasteiger partial charge is 0.497 e. The van der Waals surface area contributed by atoms with Gasteiger partial charge in [-0.25, -0.2) is 0 Å². The molecule has 4 rings (SSSR count). The summed E-state index contributed by atoms with van der Waals surface area (Å²) in [6.45, 7) is 0. The zero-order chi connectivity index (χ0) is 20.9. The van der Waals surface area contributed by atoms with Gasteiger partial charge in [-0.3, -0.25) is 9.36 Å². The molecule has 0 saturated heterocycles. The SMILES string of the molecule is COc1ccc(C(=O)CSc2nnc(-c3ccc(Cl)cc3)n2C2CCCCC2)cc1. The maximum Gasteiger partial charge on any atom is 0.192 e. The number of ether oxygens (including phenoxy) is 1. The predicted octanol–water partition coefficient (Wildman–Crippen LogP) is 6.09. The van der Waals surface area contributed by atoms with Crippen LogP contribution in [0, 0.1) is 0 Å². The number of carbonyl (C=O) groups excluding carboxylic acids is 1. The predicted molar refractivity (Wildman–Crippen MR) is 121 cm³/mol. The van der Waals surface area contributed by atoms with Crippen LogP contribution in [0.5, 0.6) is 5.75 Å². The fraction of sp³-hybridized carbons (Fsp3) is 0.348. The first-order chi connectivity index (χ1) is 14.7. The van der Waals surface area contributed by atoms with E-state index in [1.54, 1.807) is 31.4 Å². The zero-order valence-corrected chi connectivity index (χ0v) is 18.5. The van der Waals surface area contributed by atoms with Gasteiger partial charge in [0.15, 0.2) is 16.8 Å². The number of thioether (sulfide) groups is 1.